The van der Waals surface area contributed by atoms with Gasteiger partial charge in [0, 0.05) is 16.9 Å². The zero-order valence-corrected chi connectivity index (χ0v) is 17.0. The first kappa shape index (κ1) is 20.0. The minimum Gasteiger partial charge on any atom is -0.488 e. The number of ether oxygens (including phenoxy) is 1. The van der Waals surface area contributed by atoms with Gasteiger partial charge in [0.2, 0.25) is 0 Å². The molecule has 3 rings (SSSR count). The van der Waals surface area contributed by atoms with Gasteiger partial charge in [0.1, 0.15) is 12.4 Å². The fourth-order valence-corrected chi connectivity index (χ4v) is 3.77. The molecule has 0 spiro atoms. The number of para-hydroxylation sites is 1. The molecule has 4 heteroatoms. The fraction of sp³-hybridized carbons (Fsp3) is 0.208. The largest absolute Gasteiger partial charge is 0.488 e. The fourth-order valence-electron chi connectivity index (χ4n) is 3.23. The van der Waals surface area contributed by atoms with Crippen molar-refractivity contribution in [3.63, 3.8) is 0 Å². The summed E-state index contributed by atoms with van der Waals surface area (Å²) in [5.74, 6) is 0.853. The summed E-state index contributed by atoms with van der Waals surface area (Å²) in [6.07, 6.45) is 3.04. The molecule has 0 aliphatic heterocycles. The Bertz CT molecular complexity index is 948. The second-order valence-corrected chi connectivity index (χ2v) is 7.39. The standard InChI is InChI=1S/C24H24O3S/c1-3-18-7-4-5-9-21(18)22-10-6-8-20(16-28-2)23(22)27-15-17-11-13-19(14-12-17)24(25)26/h4-14H,3,15-16H2,1-2H3,(H,25,26). The number of carboxylic acids is 1. The first-order valence-electron chi connectivity index (χ1n) is 9.28. The Kier molecular flexibility index (Phi) is 6.77. The Morgan fingerprint density at radius 1 is 0.929 bits per heavy atom. The van der Waals surface area contributed by atoms with E-state index in [0.717, 1.165) is 34.6 Å². The van der Waals surface area contributed by atoms with Crippen LogP contribution in [0.4, 0.5) is 0 Å². The number of aromatic carboxylic acids is 1. The number of aryl methyl sites for hydroxylation is 1. The average molecular weight is 393 g/mol. The van der Waals surface area contributed by atoms with Gasteiger partial charge in [0.05, 0.1) is 5.56 Å². The first-order valence-corrected chi connectivity index (χ1v) is 10.7. The van der Waals surface area contributed by atoms with Crippen molar-refractivity contribution in [2.24, 2.45) is 0 Å². The zero-order chi connectivity index (χ0) is 19.9. The van der Waals surface area contributed by atoms with Gasteiger partial charge in [-0.1, -0.05) is 61.5 Å². The summed E-state index contributed by atoms with van der Waals surface area (Å²) in [5.41, 5.74) is 5.98. The molecule has 0 saturated heterocycles. The van der Waals surface area contributed by atoms with Crippen molar-refractivity contribution in [3.05, 3.63) is 89.0 Å². The highest BCUT2D eigenvalue weighted by atomic mass is 32.2. The summed E-state index contributed by atoms with van der Waals surface area (Å²) in [5, 5.41) is 9.06. The van der Waals surface area contributed by atoms with E-state index in [1.54, 1.807) is 36.0 Å². The number of rotatable bonds is 8. The van der Waals surface area contributed by atoms with Crippen LogP contribution in [0.2, 0.25) is 0 Å². The second-order valence-electron chi connectivity index (χ2n) is 6.53. The molecule has 144 valence electrons. The van der Waals surface area contributed by atoms with Gasteiger partial charge in [0.15, 0.2) is 0 Å². The molecule has 3 nitrogen and oxygen atoms in total. The van der Waals surface area contributed by atoms with E-state index in [1.165, 1.54) is 11.1 Å². The van der Waals surface area contributed by atoms with Gasteiger partial charge in [-0.3, -0.25) is 0 Å². The lowest BCUT2D eigenvalue weighted by molar-refractivity contribution is 0.0697. The first-order chi connectivity index (χ1) is 13.6. The Balaban J connectivity index is 1.95. The molecule has 0 fully saturated rings. The maximum Gasteiger partial charge on any atom is 0.335 e. The van der Waals surface area contributed by atoms with Crippen LogP contribution in [-0.2, 0) is 18.8 Å². The van der Waals surface area contributed by atoms with Crippen LogP contribution in [0.5, 0.6) is 5.75 Å². The van der Waals surface area contributed by atoms with Crippen molar-refractivity contribution in [1.29, 1.82) is 0 Å². The molecule has 0 aromatic heterocycles. The van der Waals surface area contributed by atoms with Gasteiger partial charge in [-0.2, -0.15) is 11.8 Å². The summed E-state index contributed by atoms with van der Waals surface area (Å²) in [6.45, 7) is 2.56. The summed E-state index contributed by atoms with van der Waals surface area (Å²) in [7, 11) is 0. The normalized spacial score (nSPS) is 10.6. The molecule has 0 aliphatic carbocycles. The van der Waals surface area contributed by atoms with Gasteiger partial charge in [-0.15, -0.1) is 0 Å². The van der Waals surface area contributed by atoms with Crippen LogP contribution in [-0.4, -0.2) is 17.3 Å². The predicted molar refractivity (Wildman–Crippen MR) is 116 cm³/mol. The Morgan fingerprint density at radius 2 is 1.61 bits per heavy atom. The van der Waals surface area contributed by atoms with Gasteiger partial charge in [-0.05, 0) is 41.5 Å². The molecule has 3 aromatic rings. The molecule has 1 N–H and O–H groups in total. The number of thioether (sulfide) groups is 1. The highest BCUT2D eigenvalue weighted by molar-refractivity contribution is 7.97. The van der Waals surface area contributed by atoms with E-state index in [-0.39, 0.29) is 5.56 Å². The Labute approximate surface area is 170 Å². The topological polar surface area (TPSA) is 46.5 Å². The summed E-state index contributed by atoms with van der Waals surface area (Å²) in [4.78, 5) is 11.0. The zero-order valence-electron chi connectivity index (χ0n) is 16.1. The van der Waals surface area contributed by atoms with E-state index in [9.17, 15) is 4.79 Å². The summed E-state index contributed by atoms with van der Waals surface area (Å²) in [6, 6.07) is 21.6. The molecular formula is C24H24O3S. The lowest BCUT2D eigenvalue weighted by Crippen LogP contribution is -2.02. The van der Waals surface area contributed by atoms with Crippen LogP contribution < -0.4 is 4.74 Å². The molecule has 0 unspecified atom stereocenters. The maximum atomic E-state index is 11.0. The Hall–Kier alpha value is -2.72. The van der Waals surface area contributed by atoms with Crippen molar-refractivity contribution in [2.45, 2.75) is 25.7 Å². The van der Waals surface area contributed by atoms with Gasteiger partial charge in [0.25, 0.3) is 0 Å². The lowest BCUT2D eigenvalue weighted by atomic mass is 9.96. The molecule has 0 radical (unpaired) electrons. The molecule has 0 saturated carbocycles. The maximum absolute atomic E-state index is 11.0. The number of carbonyl (C=O) groups is 1. The highest BCUT2D eigenvalue weighted by Crippen LogP contribution is 2.37. The Morgan fingerprint density at radius 3 is 2.29 bits per heavy atom. The van der Waals surface area contributed by atoms with Gasteiger partial charge < -0.3 is 9.84 Å². The SMILES string of the molecule is CCc1ccccc1-c1cccc(CSC)c1OCc1ccc(C(=O)O)cc1. The molecule has 0 bridgehead atoms. The van der Waals surface area contributed by atoms with E-state index in [4.69, 9.17) is 9.84 Å². The highest BCUT2D eigenvalue weighted by Gasteiger charge is 2.14. The molecule has 3 aromatic carbocycles. The molecular weight excluding hydrogens is 368 g/mol. The van der Waals surface area contributed by atoms with Gasteiger partial charge in [-0.25, -0.2) is 4.79 Å². The minimum absolute atomic E-state index is 0.282. The van der Waals surface area contributed by atoms with Crippen LogP contribution in [0, 0.1) is 0 Å². The van der Waals surface area contributed by atoms with E-state index in [2.05, 4.69) is 55.6 Å². The van der Waals surface area contributed by atoms with E-state index in [1.807, 2.05) is 0 Å². The second kappa shape index (κ2) is 9.47. The van der Waals surface area contributed by atoms with Crippen molar-refractivity contribution >= 4 is 17.7 Å². The summed E-state index contributed by atoms with van der Waals surface area (Å²) < 4.78 is 6.30. The quantitative estimate of drug-likeness (QED) is 0.506. The number of carboxylic acid groups (broad SMARTS) is 1. The number of hydrogen-bond acceptors (Lipinski definition) is 3. The van der Waals surface area contributed by atoms with Crippen molar-refractivity contribution in [2.75, 3.05) is 6.26 Å². The van der Waals surface area contributed by atoms with Crippen molar-refractivity contribution in [1.82, 2.24) is 0 Å². The summed E-state index contributed by atoms with van der Waals surface area (Å²) >= 11 is 1.76. The third-order valence-electron chi connectivity index (χ3n) is 4.67. The molecule has 28 heavy (non-hydrogen) atoms. The van der Waals surface area contributed by atoms with Crippen LogP contribution >= 0.6 is 11.8 Å². The van der Waals surface area contributed by atoms with Crippen molar-refractivity contribution in [3.8, 4) is 16.9 Å². The van der Waals surface area contributed by atoms with E-state index >= 15 is 0 Å². The van der Waals surface area contributed by atoms with E-state index in [0.29, 0.717) is 6.61 Å². The van der Waals surface area contributed by atoms with Gasteiger partial charge >= 0.3 is 5.97 Å². The smallest absolute Gasteiger partial charge is 0.335 e. The minimum atomic E-state index is -0.920. The van der Waals surface area contributed by atoms with Crippen LogP contribution in [0.15, 0.2) is 66.7 Å². The molecule has 0 heterocycles. The monoisotopic (exact) mass is 392 g/mol. The van der Waals surface area contributed by atoms with Crippen molar-refractivity contribution < 1.29 is 14.6 Å². The third-order valence-corrected chi connectivity index (χ3v) is 5.27. The molecule has 0 atom stereocenters. The molecule has 0 aliphatic rings. The van der Waals surface area contributed by atoms with Crippen LogP contribution in [0.25, 0.3) is 11.1 Å². The lowest BCUT2D eigenvalue weighted by Gasteiger charge is -2.18. The van der Waals surface area contributed by atoms with Crippen LogP contribution in [0.3, 0.4) is 0 Å². The van der Waals surface area contributed by atoms with Crippen LogP contribution in [0.1, 0.15) is 34.0 Å². The van der Waals surface area contributed by atoms with E-state index < -0.39 is 5.97 Å². The molecule has 0 amide bonds. The number of benzene rings is 3. The third kappa shape index (κ3) is 4.57. The predicted octanol–water partition coefficient (Wildman–Crippen LogP) is 6.06. The number of hydrogen-bond donors (Lipinski definition) is 1. The average Bonchev–Trinajstić information content (AvgIpc) is 2.73.